The molecule has 6 nitrogen and oxygen atoms in total. The van der Waals surface area contributed by atoms with Crippen LogP contribution in [0.15, 0.2) is 36.4 Å². The first-order valence-corrected chi connectivity index (χ1v) is 27.9. The van der Waals surface area contributed by atoms with Crippen LogP contribution in [0.25, 0.3) is 0 Å². The van der Waals surface area contributed by atoms with Crippen LogP contribution in [0, 0.1) is 11.8 Å². The molecule has 65 heavy (non-hydrogen) atoms. The number of primary amides is 2. The second kappa shape index (κ2) is 31.9. The maximum absolute atomic E-state index is 12.1. The second-order valence-corrected chi connectivity index (χ2v) is 20.7. The predicted molar refractivity (Wildman–Crippen MR) is 275 cm³/mol. The minimum absolute atomic E-state index is 0.134. The minimum atomic E-state index is -0.656. The number of ether oxygens (including phenoxy) is 2. The van der Waals surface area contributed by atoms with Crippen LogP contribution in [0.3, 0.4) is 0 Å². The number of amides is 2. The molecule has 2 amide bonds. The molecule has 2 aliphatic rings. The Morgan fingerprint density at radius 1 is 0.431 bits per heavy atom. The summed E-state index contributed by atoms with van der Waals surface area (Å²) in [6.07, 6.45) is 41.4. The van der Waals surface area contributed by atoms with Crippen molar-refractivity contribution in [1.29, 1.82) is 0 Å². The van der Waals surface area contributed by atoms with Gasteiger partial charge in [0.05, 0.1) is 0 Å². The molecular formula is C59H98N2O4. The summed E-state index contributed by atoms with van der Waals surface area (Å²) in [5.74, 6) is 0.739. The van der Waals surface area contributed by atoms with Gasteiger partial charge in [0.1, 0.15) is 12.2 Å². The molecule has 2 aromatic rings. The zero-order chi connectivity index (χ0) is 46.5. The van der Waals surface area contributed by atoms with Crippen LogP contribution in [0.2, 0.25) is 0 Å². The Morgan fingerprint density at radius 2 is 0.723 bits per heavy atom. The summed E-state index contributed by atoms with van der Waals surface area (Å²) in [6, 6.07) is 15.6. The van der Waals surface area contributed by atoms with Gasteiger partial charge in [0.25, 0.3) is 0 Å². The smallest absolute Gasteiger partial charge is 0.404 e. The standard InChI is InChI=1S/C59H98N2O4/c1-5-9-13-17-21-25-29-47-33-43-55(49(45-47)31-27-23-19-15-11-7-3)59(51-35-39-53(40-36-51)64-57(60)62,52-37-41-54(42-38-52)65-58(61)63)56-44-34-48(30-26-22-18-14-10-6-2)46-50(56)32-28-24-20-16-12-8-4/h33-34,43-46,51-54H,5-32,35-42H2,1-4H3,(H2,60,62)(H2,61,63). The highest BCUT2D eigenvalue weighted by molar-refractivity contribution is 5.65. The molecule has 4 rings (SSSR count). The summed E-state index contributed by atoms with van der Waals surface area (Å²) in [6.45, 7) is 9.22. The van der Waals surface area contributed by atoms with E-state index in [1.165, 1.54) is 165 Å². The van der Waals surface area contributed by atoms with E-state index in [1.807, 2.05) is 0 Å². The molecule has 0 aromatic heterocycles. The Labute approximate surface area is 399 Å². The summed E-state index contributed by atoms with van der Waals surface area (Å²) >= 11 is 0. The number of carbonyl (C=O) groups is 2. The number of rotatable bonds is 34. The Hall–Kier alpha value is -3.02. The monoisotopic (exact) mass is 899 g/mol. The Bertz CT molecular complexity index is 1470. The van der Waals surface area contributed by atoms with Gasteiger partial charge < -0.3 is 20.9 Å². The lowest BCUT2D eigenvalue weighted by Crippen LogP contribution is -2.49. The van der Waals surface area contributed by atoms with E-state index in [0.717, 1.165) is 77.0 Å². The highest BCUT2D eigenvalue weighted by Gasteiger charge is 2.51. The summed E-state index contributed by atoms with van der Waals surface area (Å²) in [5, 5.41) is 0. The summed E-state index contributed by atoms with van der Waals surface area (Å²) in [4.78, 5) is 24.2. The minimum Gasteiger partial charge on any atom is -0.446 e. The Balaban J connectivity index is 1.90. The molecule has 0 bridgehead atoms. The Kier molecular flexibility index (Phi) is 26.8. The lowest BCUT2D eigenvalue weighted by atomic mass is 9.51. The third kappa shape index (κ3) is 18.5. The van der Waals surface area contributed by atoms with Crippen molar-refractivity contribution in [2.24, 2.45) is 23.3 Å². The fraction of sp³-hybridized carbons (Fsp3) is 0.763. The van der Waals surface area contributed by atoms with Crippen molar-refractivity contribution in [3.63, 3.8) is 0 Å². The first-order valence-electron chi connectivity index (χ1n) is 27.9. The van der Waals surface area contributed by atoms with E-state index in [1.54, 1.807) is 22.3 Å². The van der Waals surface area contributed by atoms with Crippen LogP contribution >= 0.6 is 0 Å². The van der Waals surface area contributed by atoms with E-state index in [-0.39, 0.29) is 17.6 Å². The fourth-order valence-corrected chi connectivity index (χ4v) is 12.2. The largest absolute Gasteiger partial charge is 0.446 e. The summed E-state index contributed by atoms with van der Waals surface area (Å²) in [5.41, 5.74) is 20.3. The van der Waals surface area contributed by atoms with E-state index in [9.17, 15) is 9.59 Å². The lowest BCUT2D eigenvalue weighted by molar-refractivity contribution is 0.0274. The molecule has 0 radical (unpaired) electrons. The molecule has 0 spiro atoms. The van der Waals surface area contributed by atoms with E-state index >= 15 is 0 Å². The molecule has 0 heterocycles. The van der Waals surface area contributed by atoms with Crippen LogP contribution in [0.5, 0.6) is 0 Å². The number of aryl methyl sites for hydroxylation is 4. The fourth-order valence-electron chi connectivity index (χ4n) is 12.2. The van der Waals surface area contributed by atoms with Crippen molar-refractivity contribution in [3.05, 3.63) is 69.8 Å². The summed E-state index contributed by atoms with van der Waals surface area (Å²) in [7, 11) is 0. The van der Waals surface area contributed by atoms with Crippen molar-refractivity contribution in [2.75, 3.05) is 0 Å². The van der Waals surface area contributed by atoms with Crippen LogP contribution in [-0.2, 0) is 40.6 Å². The molecule has 6 heteroatoms. The lowest BCUT2D eigenvalue weighted by Gasteiger charge is -2.53. The molecule has 0 aliphatic heterocycles. The predicted octanol–water partition coefficient (Wildman–Crippen LogP) is 16.9. The van der Waals surface area contributed by atoms with Gasteiger partial charge >= 0.3 is 12.2 Å². The van der Waals surface area contributed by atoms with E-state index in [0.29, 0.717) is 11.8 Å². The van der Waals surface area contributed by atoms with Gasteiger partial charge in [0.2, 0.25) is 0 Å². The highest BCUT2D eigenvalue weighted by atomic mass is 16.6. The zero-order valence-electron chi connectivity index (χ0n) is 42.5. The molecule has 0 atom stereocenters. The zero-order valence-corrected chi connectivity index (χ0v) is 42.5. The molecule has 2 fully saturated rings. The van der Waals surface area contributed by atoms with Gasteiger partial charge in [-0.05, 0) is 148 Å². The molecule has 4 N–H and O–H groups in total. The van der Waals surface area contributed by atoms with Crippen LogP contribution in [-0.4, -0.2) is 24.4 Å². The van der Waals surface area contributed by atoms with E-state index in [2.05, 4.69) is 64.1 Å². The number of carbonyl (C=O) groups excluding carboxylic acids is 2. The van der Waals surface area contributed by atoms with Crippen molar-refractivity contribution >= 4 is 12.2 Å². The van der Waals surface area contributed by atoms with Crippen LogP contribution in [0.4, 0.5) is 9.59 Å². The van der Waals surface area contributed by atoms with Gasteiger partial charge in [-0.1, -0.05) is 193 Å². The molecule has 2 aliphatic carbocycles. The second-order valence-electron chi connectivity index (χ2n) is 20.7. The average molecular weight is 899 g/mol. The van der Waals surface area contributed by atoms with Crippen LogP contribution in [0.1, 0.15) is 267 Å². The van der Waals surface area contributed by atoms with Gasteiger partial charge in [-0.15, -0.1) is 0 Å². The van der Waals surface area contributed by atoms with Crippen molar-refractivity contribution in [2.45, 2.75) is 276 Å². The molecule has 368 valence electrons. The Morgan fingerprint density at radius 3 is 1.03 bits per heavy atom. The molecular weight excluding hydrogens is 801 g/mol. The highest BCUT2D eigenvalue weighted by Crippen LogP contribution is 2.57. The molecule has 0 unspecified atom stereocenters. The number of nitrogens with two attached hydrogens (primary N) is 2. The number of benzene rings is 2. The molecule has 0 saturated heterocycles. The van der Waals surface area contributed by atoms with Crippen LogP contribution < -0.4 is 11.5 Å². The van der Waals surface area contributed by atoms with E-state index < -0.39 is 12.2 Å². The van der Waals surface area contributed by atoms with Gasteiger partial charge in [0.15, 0.2) is 0 Å². The maximum Gasteiger partial charge on any atom is 0.404 e. The molecule has 2 saturated carbocycles. The summed E-state index contributed by atoms with van der Waals surface area (Å²) < 4.78 is 11.5. The van der Waals surface area contributed by atoms with Gasteiger partial charge in [-0.25, -0.2) is 9.59 Å². The van der Waals surface area contributed by atoms with Crippen molar-refractivity contribution < 1.29 is 19.1 Å². The number of hydrogen-bond acceptors (Lipinski definition) is 4. The topological polar surface area (TPSA) is 105 Å². The first kappa shape index (κ1) is 54.6. The number of hydrogen-bond donors (Lipinski definition) is 2. The SMILES string of the molecule is CCCCCCCCc1ccc(C(c2ccc(CCCCCCCC)cc2CCCCCCCC)(C2CCC(OC(N)=O)CC2)C2CCC(OC(N)=O)CC2)c(CCCCCCCC)c1. The van der Waals surface area contributed by atoms with Gasteiger partial charge in [-0.2, -0.15) is 0 Å². The molecule has 2 aromatic carbocycles. The number of unbranched alkanes of at least 4 members (excludes halogenated alkanes) is 20. The van der Waals surface area contributed by atoms with Gasteiger partial charge in [-0.3, -0.25) is 0 Å². The first-order chi connectivity index (χ1) is 31.8. The normalized spacial score (nSPS) is 19.0. The van der Waals surface area contributed by atoms with E-state index in [4.69, 9.17) is 20.9 Å². The third-order valence-corrected chi connectivity index (χ3v) is 15.7. The third-order valence-electron chi connectivity index (χ3n) is 15.7. The quantitative estimate of drug-likeness (QED) is 0.0683. The van der Waals surface area contributed by atoms with Gasteiger partial charge in [0, 0.05) is 5.41 Å². The van der Waals surface area contributed by atoms with Crippen molar-refractivity contribution in [3.8, 4) is 0 Å². The maximum atomic E-state index is 12.1. The van der Waals surface area contributed by atoms with Crippen molar-refractivity contribution in [1.82, 2.24) is 0 Å². The average Bonchev–Trinajstić information content (AvgIpc) is 3.30.